The van der Waals surface area contributed by atoms with Crippen molar-refractivity contribution in [3.8, 4) is 0 Å². The van der Waals surface area contributed by atoms with Crippen LogP contribution in [0.2, 0.25) is 0 Å². The van der Waals surface area contributed by atoms with E-state index >= 15 is 0 Å². The van der Waals surface area contributed by atoms with Crippen LogP contribution >= 0.6 is 0 Å². The van der Waals surface area contributed by atoms with E-state index in [4.69, 9.17) is 0 Å². The molecule has 0 N–H and O–H groups in total. The van der Waals surface area contributed by atoms with Gasteiger partial charge in [-0.15, -0.1) is 0 Å². The summed E-state index contributed by atoms with van der Waals surface area (Å²) in [7, 11) is 0. The van der Waals surface area contributed by atoms with Gasteiger partial charge in [-0.1, -0.05) is 33.8 Å². The number of rotatable bonds is 2. The number of Topliss-reactive ketones (excluding diaryl/α,β-unsaturated/α-hetero) is 1. The molecule has 0 heterocycles. The second kappa shape index (κ2) is 3.94. The summed E-state index contributed by atoms with van der Waals surface area (Å²) in [6.07, 6.45) is 2.33. The summed E-state index contributed by atoms with van der Waals surface area (Å²) in [5, 5.41) is 0. The standard InChI is InChI=1S/C17H24O/c1-7-17(6)10-16(4,5)14-9-13(12(3)18)11(2)8-15(14)17/h8-9H,7,10H2,1-6H3. The van der Waals surface area contributed by atoms with E-state index in [0.717, 1.165) is 17.5 Å². The zero-order chi connectivity index (χ0) is 13.7. The molecule has 1 nitrogen and oxygen atoms in total. The lowest BCUT2D eigenvalue weighted by Crippen LogP contribution is -2.20. The van der Waals surface area contributed by atoms with Crippen LogP contribution in [0.4, 0.5) is 0 Å². The van der Waals surface area contributed by atoms with Crippen LogP contribution in [0.3, 0.4) is 0 Å². The normalized spacial score (nSPS) is 25.0. The van der Waals surface area contributed by atoms with Gasteiger partial charge in [-0.2, -0.15) is 0 Å². The molecule has 1 aromatic carbocycles. The quantitative estimate of drug-likeness (QED) is 0.698. The van der Waals surface area contributed by atoms with Crippen molar-refractivity contribution in [3.05, 3.63) is 34.4 Å². The highest BCUT2D eigenvalue weighted by Crippen LogP contribution is 2.51. The molecule has 1 aromatic rings. The summed E-state index contributed by atoms with van der Waals surface area (Å²) >= 11 is 0. The molecule has 0 amide bonds. The Labute approximate surface area is 111 Å². The summed E-state index contributed by atoms with van der Waals surface area (Å²) < 4.78 is 0. The maximum absolute atomic E-state index is 11.7. The molecule has 1 heteroatoms. The van der Waals surface area contributed by atoms with Gasteiger partial charge in [0.1, 0.15) is 0 Å². The van der Waals surface area contributed by atoms with Gasteiger partial charge in [0.05, 0.1) is 0 Å². The Morgan fingerprint density at radius 2 is 1.83 bits per heavy atom. The lowest BCUT2D eigenvalue weighted by molar-refractivity contribution is 0.101. The van der Waals surface area contributed by atoms with Gasteiger partial charge in [0.15, 0.2) is 5.78 Å². The van der Waals surface area contributed by atoms with Crippen LogP contribution in [0, 0.1) is 6.92 Å². The predicted octanol–water partition coefficient (Wildman–Crippen LogP) is 4.55. The van der Waals surface area contributed by atoms with Gasteiger partial charge < -0.3 is 0 Å². The van der Waals surface area contributed by atoms with Crippen molar-refractivity contribution in [3.63, 3.8) is 0 Å². The predicted molar refractivity (Wildman–Crippen MR) is 76.5 cm³/mol. The number of fused-ring (bicyclic) bond motifs is 1. The molecule has 1 aliphatic carbocycles. The van der Waals surface area contributed by atoms with Gasteiger partial charge in [0.25, 0.3) is 0 Å². The number of carbonyl (C=O) groups excluding carboxylic acids is 1. The first-order chi connectivity index (χ1) is 8.21. The van der Waals surface area contributed by atoms with E-state index in [1.165, 1.54) is 17.5 Å². The van der Waals surface area contributed by atoms with Crippen molar-refractivity contribution in [2.75, 3.05) is 0 Å². The summed E-state index contributed by atoms with van der Waals surface area (Å²) in [6.45, 7) is 12.9. The lowest BCUT2D eigenvalue weighted by atomic mass is 9.78. The SMILES string of the molecule is CCC1(C)CC(C)(C)c2cc(C(C)=O)c(C)cc21. The van der Waals surface area contributed by atoms with Gasteiger partial charge in [0.2, 0.25) is 0 Å². The van der Waals surface area contributed by atoms with Crippen LogP contribution in [0.1, 0.15) is 74.5 Å². The van der Waals surface area contributed by atoms with Crippen LogP contribution in [0.25, 0.3) is 0 Å². The molecule has 0 aromatic heterocycles. The molecule has 0 radical (unpaired) electrons. The lowest BCUT2D eigenvalue weighted by Gasteiger charge is -2.26. The van der Waals surface area contributed by atoms with E-state index in [1.807, 2.05) is 0 Å². The molecule has 0 bridgehead atoms. The first-order valence-electron chi connectivity index (χ1n) is 6.88. The third kappa shape index (κ3) is 1.81. The minimum atomic E-state index is 0.177. The van der Waals surface area contributed by atoms with E-state index < -0.39 is 0 Å². The van der Waals surface area contributed by atoms with E-state index in [-0.39, 0.29) is 16.6 Å². The second-order valence-corrected chi connectivity index (χ2v) is 6.74. The van der Waals surface area contributed by atoms with Crippen LogP contribution in [0.5, 0.6) is 0 Å². The minimum Gasteiger partial charge on any atom is -0.295 e. The van der Waals surface area contributed by atoms with Crippen molar-refractivity contribution in [1.82, 2.24) is 0 Å². The first kappa shape index (κ1) is 13.3. The Morgan fingerprint density at radius 3 is 2.33 bits per heavy atom. The highest BCUT2D eigenvalue weighted by Gasteiger charge is 2.43. The topological polar surface area (TPSA) is 17.1 Å². The Kier molecular flexibility index (Phi) is 2.92. The molecule has 98 valence electrons. The van der Waals surface area contributed by atoms with Crippen molar-refractivity contribution >= 4 is 5.78 Å². The smallest absolute Gasteiger partial charge is 0.160 e. The third-order valence-corrected chi connectivity index (χ3v) is 4.74. The fourth-order valence-electron chi connectivity index (χ4n) is 3.63. The molecule has 1 aliphatic rings. The third-order valence-electron chi connectivity index (χ3n) is 4.74. The average molecular weight is 244 g/mol. The molecular weight excluding hydrogens is 220 g/mol. The van der Waals surface area contributed by atoms with Gasteiger partial charge >= 0.3 is 0 Å². The van der Waals surface area contributed by atoms with Crippen molar-refractivity contribution < 1.29 is 4.79 Å². The van der Waals surface area contributed by atoms with Crippen molar-refractivity contribution in [2.45, 2.75) is 65.2 Å². The number of ketones is 1. The highest BCUT2D eigenvalue weighted by atomic mass is 16.1. The number of hydrogen-bond acceptors (Lipinski definition) is 1. The number of hydrogen-bond donors (Lipinski definition) is 0. The zero-order valence-electron chi connectivity index (χ0n) is 12.5. The summed E-state index contributed by atoms with van der Waals surface area (Å²) in [5.41, 5.74) is 5.29. The van der Waals surface area contributed by atoms with Crippen LogP contribution in [-0.4, -0.2) is 5.78 Å². The molecule has 0 spiro atoms. The van der Waals surface area contributed by atoms with Gasteiger partial charge in [-0.3, -0.25) is 4.79 Å². The molecule has 0 fully saturated rings. The maximum atomic E-state index is 11.7. The molecule has 0 saturated carbocycles. The molecule has 0 aliphatic heterocycles. The van der Waals surface area contributed by atoms with E-state index in [2.05, 4.69) is 46.8 Å². The summed E-state index contributed by atoms with van der Waals surface area (Å²) in [6, 6.07) is 4.40. The largest absolute Gasteiger partial charge is 0.295 e. The van der Waals surface area contributed by atoms with Crippen LogP contribution < -0.4 is 0 Å². The summed E-state index contributed by atoms with van der Waals surface area (Å²) in [5.74, 6) is 0.177. The molecule has 2 rings (SSSR count). The van der Waals surface area contributed by atoms with E-state index in [0.29, 0.717) is 0 Å². The zero-order valence-corrected chi connectivity index (χ0v) is 12.5. The van der Waals surface area contributed by atoms with Gasteiger partial charge in [0, 0.05) is 5.56 Å². The Balaban J connectivity index is 2.71. The van der Waals surface area contributed by atoms with E-state index in [1.54, 1.807) is 6.92 Å². The molecule has 1 atom stereocenters. The average Bonchev–Trinajstić information content (AvgIpc) is 2.45. The van der Waals surface area contributed by atoms with Gasteiger partial charge in [-0.05, 0) is 60.3 Å². The van der Waals surface area contributed by atoms with Crippen LogP contribution in [-0.2, 0) is 10.8 Å². The monoisotopic (exact) mass is 244 g/mol. The minimum absolute atomic E-state index is 0.177. The Hall–Kier alpha value is -1.11. The molecular formula is C17H24O. The fraction of sp³-hybridized carbons (Fsp3) is 0.588. The second-order valence-electron chi connectivity index (χ2n) is 6.74. The molecule has 0 saturated heterocycles. The highest BCUT2D eigenvalue weighted by molar-refractivity contribution is 5.96. The Morgan fingerprint density at radius 1 is 1.22 bits per heavy atom. The number of aryl methyl sites for hydroxylation is 1. The van der Waals surface area contributed by atoms with Crippen molar-refractivity contribution in [1.29, 1.82) is 0 Å². The first-order valence-corrected chi connectivity index (χ1v) is 6.88. The van der Waals surface area contributed by atoms with E-state index in [9.17, 15) is 4.79 Å². The number of carbonyl (C=O) groups is 1. The van der Waals surface area contributed by atoms with Crippen molar-refractivity contribution in [2.24, 2.45) is 0 Å². The molecule has 18 heavy (non-hydrogen) atoms. The maximum Gasteiger partial charge on any atom is 0.160 e. The van der Waals surface area contributed by atoms with Crippen LogP contribution in [0.15, 0.2) is 12.1 Å². The molecule has 1 unspecified atom stereocenters. The summed E-state index contributed by atoms with van der Waals surface area (Å²) in [4.78, 5) is 11.7. The Bertz CT molecular complexity index is 511. The van der Waals surface area contributed by atoms with Gasteiger partial charge in [-0.25, -0.2) is 0 Å². The number of benzene rings is 1. The fourth-order valence-corrected chi connectivity index (χ4v) is 3.63.